The predicted molar refractivity (Wildman–Crippen MR) is 239 cm³/mol. The Bertz CT molecular complexity index is 3180. The van der Waals surface area contributed by atoms with Gasteiger partial charge in [0.2, 0.25) is 0 Å². The summed E-state index contributed by atoms with van der Waals surface area (Å²) in [6.07, 6.45) is 0. The van der Waals surface area contributed by atoms with Gasteiger partial charge in [0, 0.05) is 22.1 Å². The lowest BCUT2D eigenvalue weighted by atomic mass is 9.82. The normalized spacial score (nSPS) is 12.9. The van der Waals surface area contributed by atoms with Crippen molar-refractivity contribution in [1.82, 2.24) is 9.97 Å². The third kappa shape index (κ3) is 5.48. The highest BCUT2D eigenvalue weighted by Gasteiger charge is 2.35. The first-order valence-corrected chi connectivity index (χ1v) is 19.7. The molecule has 0 radical (unpaired) electrons. The molecule has 0 amide bonds. The Morgan fingerprint density at radius 3 is 1.72 bits per heavy atom. The van der Waals surface area contributed by atoms with Gasteiger partial charge in [0.05, 0.1) is 11.4 Å². The quantitative estimate of drug-likeness (QED) is 0.130. The Morgan fingerprint density at radius 2 is 0.912 bits per heavy atom. The van der Waals surface area contributed by atoms with Crippen LogP contribution in [0.3, 0.4) is 0 Å². The predicted octanol–water partition coefficient (Wildman–Crippen LogP) is 14.6. The Labute approximate surface area is 332 Å². The van der Waals surface area contributed by atoms with E-state index in [0.29, 0.717) is 5.82 Å². The first-order chi connectivity index (χ1) is 28.0. The van der Waals surface area contributed by atoms with Crippen LogP contribution >= 0.6 is 0 Å². The number of rotatable bonds is 5. The Hall–Kier alpha value is -7.16. The summed E-state index contributed by atoms with van der Waals surface area (Å²) in [7, 11) is 0. The second kappa shape index (κ2) is 13.0. The molecule has 0 N–H and O–H groups in total. The smallest absolute Gasteiger partial charge is 0.160 e. The van der Waals surface area contributed by atoms with E-state index < -0.39 is 0 Å². The molecule has 57 heavy (non-hydrogen) atoms. The van der Waals surface area contributed by atoms with E-state index in [-0.39, 0.29) is 5.41 Å². The zero-order chi connectivity index (χ0) is 38.1. The van der Waals surface area contributed by atoms with Gasteiger partial charge in [-0.1, -0.05) is 190 Å². The van der Waals surface area contributed by atoms with Gasteiger partial charge in [-0.3, -0.25) is 0 Å². The van der Waals surface area contributed by atoms with Gasteiger partial charge in [0.25, 0.3) is 0 Å². The molecule has 0 saturated carbocycles. The molecule has 1 aromatic heterocycles. The van der Waals surface area contributed by atoms with Gasteiger partial charge >= 0.3 is 0 Å². The van der Waals surface area contributed by atoms with Crippen LogP contribution in [0.1, 0.15) is 25.0 Å². The van der Waals surface area contributed by atoms with E-state index in [9.17, 15) is 0 Å². The van der Waals surface area contributed by atoms with E-state index in [4.69, 9.17) is 9.97 Å². The first-order valence-electron chi connectivity index (χ1n) is 19.7. The molecule has 1 aliphatic rings. The van der Waals surface area contributed by atoms with E-state index >= 15 is 0 Å². The van der Waals surface area contributed by atoms with Crippen molar-refractivity contribution in [3.05, 3.63) is 205 Å². The highest BCUT2D eigenvalue weighted by molar-refractivity contribution is 6.20. The fourth-order valence-electron chi connectivity index (χ4n) is 9.13. The molecule has 9 aromatic carbocycles. The van der Waals surface area contributed by atoms with E-state index in [1.54, 1.807) is 0 Å². The number of hydrogen-bond acceptors (Lipinski definition) is 2. The van der Waals surface area contributed by atoms with E-state index in [0.717, 1.165) is 28.1 Å². The van der Waals surface area contributed by atoms with E-state index in [1.807, 2.05) is 0 Å². The summed E-state index contributed by atoms with van der Waals surface area (Å²) in [5.74, 6) is 0.705. The maximum absolute atomic E-state index is 5.31. The highest BCUT2D eigenvalue weighted by atomic mass is 14.9. The van der Waals surface area contributed by atoms with Crippen molar-refractivity contribution < 1.29 is 0 Å². The van der Waals surface area contributed by atoms with Gasteiger partial charge in [-0.25, -0.2) is 9.97 Å². The molecule has 10 aromatic rings. The molecule has 0 saturated heterocycles. The van der Waals surface area contributed by atoms with Crippen LogP contribution in [0.4, 0.5) is 0 Å². The van der Waals surface area contributed by atoms with Crippen LogP contribution in [0, 0.1) is 0 Å². The molecule has 0 fully saturated rings. The summed E-state index contributed by atoms with van der Waals surface area (Å²) in [5, 5.41) is 7.52. The maximum Gasteiger partial charge on any atom is 0.160 e. The maximum atomic E-state index is 5.31. The van der Waals surface area contributed by atoms with E-state index in [1.165, 1.54) is 76.8 Å². The first kappa shape index (κ1) is 33.2. The Balaban J connectivity index is 1.06. The summed E-state index contributed by atoms with van der Waals surface area (Å²) in [5.41, 5.74) is 14.9. The molecule has 0 unspecified atom stereocenters. The van der Waals surface area contributed by atoms with Crippen LogP contribution in [-0.4, -0.2) is 9.97 Å². The van der Waals surface area contributed by atoms with Gasteiger partial charge in [-0.2, -0.15) is 0 Å². The fourth-order valence-corrected chi connectivity index (χ4v) is 9.13. The molecular formula is C55H38N2. The number of benzene rings is 9. The van der Waals surface area contributed by atoms with Crippen molar-refractivity contribution in [2.75, 3.05) is 0 Å². The minimum atomic E-state index is -0.0583. The minimum Gasteiger partial charge on any atom is -0.228 e. The van der Waals surface area contributed by atoms with Gasteiger partial charge in [-0.05, 0) is 95.0 Å². The Kier molecular flexibility index (Phi) is 7.55. The SMILES string of the molecule is CC1(C)c2ccccc2-c2cc(-c3cc(-c4ccc(-c5ccccc5)cc4)nc(-c4ccc(-c5c6ccccc6cc6c5ccc5ccccc56)cc4)n3)ccc21. The van der Waals surface area contributed by atoms with Crippen LogP contribution in [0.25, 0.3) is 99.6 Å². The number of nitrogens with zero attached hydrogens (tertiary/aromatic N) is 2. The van der Waals surface area contributed by atoms with E-state index in [2.05, 4.69) is 208 Å². The van der Waals surface area contributed by atoms with Crippen molar-refractivity contribution in [2.45, 2.75) is 19.3 Å². The number of fused-ring (bicyclic) bond motifs is 7. The summed E-state index contributed by atoms with van der Waals surface area (Å²) in [4.78, 5) is 10.6. The Morgan fingerprint density at radius 1 is 0.333 bits per heavy atom. The monoisotopic (exact) mass is 726 g/mol. The zero-order valence-electron chi connectivity index (χ0n) is 31.9. The van der Waals surface area contributed by atoms with Gasteiger partial charge in [0.1, 0.15) is 0 Å². The second-order valence-electron chi connectivity index (χ2n) is 15.8. The van der Waals surface area contributed by atoms with Gasteiger partial charge < -0.3 is 0 Å². The largest absolute Gasteiger partial charge is 0.228 e. The molecule has 268 valence electrons. The molecule has 0 aliphatic heterocycles. The summed E-state index contributed by atoms with van der Waals surface area (Å²) >= 11 is 0. The zero-order valence-corrected chi connectivity index (χ0v) is 31.9. The van der Waals surface area contributed by atoms with Crippen LogP contribution in [0.2, 0.25) is 0 Å². The third-order valence-corrected chi connectivity index (χ3v) is 12.1. The minimum absolute atomic E-state index is 0.0583. The lowest BCUT2D eigenvalue weighted by molar-refractivity contribution is 0.660. The van der Waals surface area contributed by atoms with Crippen LogP contribution in [0.15, 0.2) is 194 Å². The fraction of sp³-hybridized carbons (Fsp3) is 0.0545. The van der Waals surface area contributed by atoms with Crippen molar-refractivity contribution in [3.8, 4) is 67.3 Å². The lowest BCUT2D eigenvalue weighted by Gasteiger charge is -2.21. The second-order valence-corrected chi connectivity index (χ2v) is 15.8. The average Bonchev–Trinajstić information content (AvgIpc) is 3.51. The standard InChI is InChI=1S/C55H38N2/c1-55(2)49-19-11-10-18-45(49)48-33-42(29-31-50(48)55)52-34-51(38-22-20-36(21-23-38)35-12-4-3-5-13-35)56-54(57-52)40-26-24-39(25-27-40)53-44-17-9-7-15-41(44)32-47-43-16-8-6-14-37(43)28-30-46(47)53/h3-34H,1-2H3. The molecule has 11 rings (SSSR count). The van der Waals surface area contributed by atoms with Crippen LogP contribution in [-0.2, 0) is 5.41 Å². The summed E-state index contributed by atoms with van der Waals surface area (Å²) in [6, 6.07) is 70.2. The lowest BCUT2D eigenvalue weighted by Crippen LogP contribution is -2.14. The molecule has 0 spiro atoms. The summed E-state index contributed by atoms with van der Waals surface area (Å²) < 4.78 is 0. The molecule has 1 heterocycles. The average molecular weight is 727 g/mol. The van der Waals surface area contributed by atoms with Gasteiger partial charge in [0.15, 0.2) is 5.82 Å². The molecular weight excluding hydrogens is 689 g/mol. The molecule has 2 nitrogen and oxygen atoms in total. The van der Waals surface area contributed by atoms with Crippen molar-refractivity contribution >= 4 is 32.3 Å². The van der Waals surface area contributed by atoms with Gasteiger partial charge in [-0.15, -0.1) is 0 Å². The third-order valence-electron chi connectivity index (χ3n) is 12.1. The highest BCUT2D eigenvalue weighted by Crippen LogP contribution is 2.49. The van der Waals surface area contributed by atoms with Crippen LogP contribution < -0.4 is 0 Å². The molecule has 0 atom stereocenters. The van der Waals surface area contributed by atoms with Crippen molar-refractivity contribution in [2.24, 2.45) is 0 Å². The molecule has 1 aliphatic carbocycles. The number of aromatic nitrogens is 2. The number of hydrogen-bond donors (Lipinski definition) is 0. The molecule has 2 heteroatoms. The van der Waals surface area contributed by atoms with Crippen molar-refractivity contribution in [3.63, 3.8) is 0 Å². The van der Waals surface area contributed by atoms with Crippen LogP contribution in [0.5, 0.6) is 0 Å². The topological polar surface area (TPSA) is 25.8 Å². The molecule has 0 bridgehead atoms. The summed E-state index contributed by atoms with van der Waals surface area (Å²) in [6.45, 7) is 4.65. The van der Waals surface area contributed by atoms with Crippen molar-refractivity contribution in [1.29, 1.82) is 0 Å².